The number of aliphatic hydroxyl groups excluding tert-OH is 1. The van der Waals surface area contributed by atoms with E-state index in [4.69, 9.17) is 9.42 Å². The Hall–Kier alpha value is -2.11. The number of carboxylic acid groups (broad SMARTS) is 2. The van der Waals surface area contributed by atoms with E-state index < -0.39 is 36.3 Å². The molecule has 0 aromatic heterocycles. The minimum Gasteiger partial charge on any atom is -0.480 e. The molecular weight excluding hydrogens is 557 g/mol. The van der Waals surface area contributed by atoms with Gasteiger partial charge in [-0.15, -0.1) is 9.42 Å². The summed E-state index contributed by atoms with van der Waals surface area (Å²) in [7, 11) is -6.64. The van der Waals surface area contributed by atoms with Gasteiger partial charge in [-0.25, -0.2) is 13.1 Å². The molecule has 2 unspecified atom stereocenters. The first-order chi connectivity index (χ1) is 18.4. The SMILES string of the molecule is O=C(O)CN1CCN(CO[P+](=O)O)CCN(CC(=O)O)CCN(CC(O)CNS(=O)(=O)c2ccccc2)CC1. The largest absolute Gasteiger partial charge is 0.696 e. The number of β-amino-alcohol motifs (C(OH)–C–C–N with tert-alkyl or cyclic N) is 1. The van der Waals surface area contributed by atoms with Crippen LogP contribution in [0.3, 0.4) is 0 Å². The summed E-state index contributed by atoms with van der Waals surface area (Å²) in [6.45, 7) is 1.62. The molecule has 1 heterocycles. The second kappa shape index (κ2) is 16.9. The van der Waals surface area contributed by atoms with Gasteiger partial charge in [0.15, 0.2) is 6.73 Å². The summed E-state index contributed by atoms with van der Waals surface area (Å²) in [5, 5.41) is 29.3. The van der Waals surface area contributed by atoms with Gasteiger partial charge < -0.3 is 15.3 Å². The maximum Gasteiger partial charge on any atom is 0.696 e. The highest BCUT2D eigenvalue weighted by Crippen LogP contribution is 2.15. The molecule has 1 aromatic rings. The molecule has 1 saturated heterocycles. The quantitative estimate of drug-likeness (QED) is 0.163. The van der Waals surface area contributed by atoms with Gasteiger partial charge in [0, 0.05) is 70.0 Å². The molecule has 5 N–H and O–H groups in total. The normalized spacial score (nSPS) is 19.1. The van der Waals surface area contributed by atoms with E-state index >= 15 is 0 Å². The van der Waals surface area contributed by atoms with Crippen molar-refractivity contribution in [3.8, 4) is 0 Å². The van der Waals surface area contributed by atoms with Crippen LogP contribution in [0.2, 0.25) is 0 Å². The van der Waals surface area contributed by atoms with Gasteiger partial charge in [-0.2, -0.15) is 0 Å². The van der Waals surface area contributed by atoms with Crippen molar-refractivity contribution in [2.45, 2.75) is 11.0 Å². The molecular formula is C22H37N5O10PS+. The Morgan fingerprint density at radius 1 is 0.872 bits per heavy atom. The molecule has 0 spiro atoms. The topological polar surface area (TPSA) is 200 Å². The van der Waals surface area contributed by atoms with Crippen LogP contribution in [-0.4, -0.2) is 152 Å². The summed E-state index contributed by atoms with van der Waals surface area (Å²) in [5.41, 5.74) is 0. The van der Waals surface area contributed by atoms with Gasteiger partial charge in [0.1, 0.15) is 0 Å². The smallest absolute Gasteiger partial charge is 0.480 e. The lowest BCUT2D eigenvalue weighted by Crippen LogP contribution is -2.49. The zero-order chi connectivity index (χ0) is 28.8. The molecule has 0 radical (unpaired) electrons. The first-order valence-corrected chi connectivity index (χ1v) is 14.9. The Labute approximate surface area is 228 Å². The first kappa shape index (κ1) is 33.1. The Morgan fingerprint density at radius 2 is 1.33 bits per heavy atom. The monoisotopic (exact) mass is 594 g/mol. The highest BCUT2D eigenvalue weighted by Gasteiger charge is 2.23. The molecule has 0 amide bonds. The van der Waals surface area contributed by atoms with Crippen LogP contribution < -0.4 is 4.72 Å². The van der Waals surface area contributed by atoms with E-state index in [0.29, 0.717) is 52.4 Å². The average Bonchev–Trinajstić information content (AvgIpc) is 2.86. The predicted octanol–water partition coefficient (Wildman–Crippen LogP) is -1.66. The van der Waals surface area contributed by atoms with E-state index in [1.807, 2.05) is 4.90 Å². The number of hydrogen-bond acceptors (Lipinski definition) is 11. The fourth-order valence-corrected chi connectivity index (χ4v) is 5.33. The van der Waals surface area contributed by atoms with Crippen LogP contribution >= 0.6 is 8.25 Å². The lowest BCUT2D eigenvalue weighted by atomic mass is 10.3. The number of aliphatic hydroxyl groups is 1. The van der Waals surface area contributed by atoms with Crippen LogP contribution in [0.5, 0.6) is 0 Å². The lowest BCUT2D eigenvalue weighted by Gasteiger charge is -2.33. The molecule has 1 fully saturated rings. The van der Waals surface area contributed by atoms with Crippen molar-refractivity contribution in [1.29, 1.82) is 0 Å². The van der Waals surface area contributed by atoms with Gasteiger partial charge >= 0.3 is 20.2 Å². The van der Waals surface area contributed by atoms with E-state index in [1.54, 1.807) is 32.9 Å². The number of benzene rings is 1. The number of rotatable bonds is 13. The highest BCUT2D eigenvalue weighted by atomic mass is 32.2. The van der Waals surface area contributed by atoms with Gasteiger partial charge in [0.05, 0.1) is 24.1 Å². The molecule has 0 aliphatic carbocycles. The minimum atomic E-state index is -3.81. The Bertz CT molecular complexity index is 1000. The second-order valence-electron chi connectivity index (χ2n) is 9.07. The number of nitrogens with one attached hydrogen (secondary N) is 1. The van der Waals surface area contributed by atoms with E-state index in [2.05, 4.69) is 4.72 Å². The lowest BCUT2D eigenvalue weighted by molar-refractivity contribution is -0.139. The fraction of sp³-hybridized carbons (Fsp3) is 0.636. The molecule has 1 aliphatic rings. The Balaban J connectivity index is 2.08. The number of carboxylic acids is 2. The summed E-state index contributed by atoms with van der Waals surface area (Å²) >= 11 is 0. The van der Waals surface area contributed by atoms with Gasteiger partial charge in [0.2, 0.25) is 10.0 Å². The molecule has 1 aliphatic heterocycles. The molecule has 0 bridgehead atoms. The molecule has 39 heavy (non-hydrogen) atoms. The van der Waals surface area contributed by atoms with E-state index in [1.165, 1.54) is 12.1 Å². The third kappa shape index (κ3) is 13.7. The fourth-order valence-electron chi connectivity index (χ4n) is 3.97. The molecule has 1 aromatic carbocycles. The van der Waals surface area contributed by atoms with E-state index in [9.17, 15) is 37.9 Å². The summed E-state index contributed by atoms with van der Waals surface area (Å²) in [5.74, 6) is -2.06. The third-order valence-corrected chi connectivity index (χ3v) is 7.81. The van der Waals surface area contributed by atoms with Crippen LogP contribution in [0.4, 0.5) is 0 Å². The van der Waals surface area contributed by atoms with Gasteiger partial charge in [-0.1, -0.05) is 18.2 Å². The van der Waals surface area contributed by atoms with Gasteiger partial charge in [-0.3, -0.25) is 29.2 Å². The standard InChI is InChI=1S/C22H36N5O10PS/c28-19(14-23-39(35,36)20-4-2-1-3-5-20)15-24-6-8-25(16-21(29)30)10-12-27(18-37-38(33)34)13-11-26(9-7-24)17-22(31)32/h1-5,19,23,28H,6-18H2,(H2-,29,30,31,32,33,34)/p+1. The number of carbonyl (C=O) groups is 2. The summed E-state index contributed by atoms with van der Waals surface area (Å²) in [6, 6.07) is 7.75. The third-order valence-electron chi connectivity index (χ3n) is 6.03. The van der Waals surface area contributed by atoms with Crippen molar-refractivity contribution >= 4 is 30.2 Å². The molecule has 220 valence electrons. The number of aliphatic carboxylic acids is 2. The zero-order valence-electron chi connectivity index (χ0n) is 21.5. The maximum absolute atomic E-state index is 12.5. The van der Waals surface area contributed by atoms with E-state index in [0.717, 1.165) is 0 Å². The second-order valence-corrected chi connectivity index (χ2v) is 11.6. The molecule has 0 saturated carbocycles. The predicted molar refractivity (Wildman–Crippen MR) is 140 cm³/mol. The summed E-state index contributed by atoms with van der Waals surface area (Å²) in [6.07, 6.45) is -1.08. The van der Waals surface area contributed by atoms with Crippen molar-refractivity contribution in [3.63, 3.8) is 0 Å². The average molecular weight is 595 g/mol. The van der Waals surface area contributed by atoms with Gasteiger partial charge in [0.25, 0.3) is 0 Å². The van der Waals surface area contributed by atoms with Crippen molar-refractivity contribution in [2.24, 2.45) is 0 Å². The van der Waals surface area contributed by atoms with Crippen LogP contribution in [0.1, 0.15) is 0 Å². The highest BCUT2D eigenvalue weighted by molar-refractivity contribution is 7.89. The van der Waals surface area contributed by atoms with Crippen molar-refractivity contribution < 1.29 is 47.3 Å². The Kier molecular flexibility index (Phi) is 14.3. The van der Waals surface area contributed by atoms with Crippen molar-refractivity contribution in [3.05, 3.63) is 30.3 Å². The zero-order valence-corrected chi connectivity index (χ0v) is 23.3. The number of nitrogens with zero attached hydrogens (tertiary/aromatic N) is 4. The molecule has 2 rings (SSSR count). The number of hydrogen-bond donors (Lipinski definition) is 5. The van der Waals surface area contributed by atoms with Crippen LogP contribution in [0.25, 0.3) is 0 Å². The van der Waals surface area contributed by atoms with Gasteiger partial charge in [-0.05, 0) is 12.1 Å². The van der Waals surface area contributed by atoms with Crippen LogP contribution in [0, 0.1) is 0 Å². The molecule has 15 nitrogen and oxygen atoms in total. The van der Waals surface area contributed by atoms with Crippen LogP contribution in [-0.2, 0) is 28.7 Å². The van der Waals surface area contributed by atoms with E-state index in [-0.39, 0.29) is 37.8 Å². The first-order valence-electron chi connectivity index (χ1n) is 12.3. The van der Waals surface area contributed by atoms with Crippen LogP contribution in [0.15, 0.2) is 35.2 Å². The molecule has 2 atom stereocenters. The van der Waals surface area contributed by atoms with Crippen molar-refractivity contribution in [1.82, 2.24) is 24.3 Å². The Morgan fingerprint density at radius 3 is 1.79 bits per heavy atom. The summed E-state index contributed by atoms with van der Waals surface area (Å²) in [4.78, 5) is 38.8. The summed E-state index contributed by atoms with van der Waals surface area (Å²) < 4.78 is 43.2. The maximum atomic E-state index is 12.5. The minimum absolute atomic E-state index is 0.0717. The molecule has 17 heteroatoms. The number of sulfonamides is 1. The van der Waals surface area contributed by atoms with Crippen molar-refractivity contribution in [2.75, 3.05) is 85.3 Å².